The molecular weight excluding hydrogens is 582 g/mol. The fraction of sp³-hybridized carbons (Fsp3) is 0.378. The van der Waals surface area contributed by atoms with Gasteiger partial charge in [-0.15, -0.1) is 0 Å². The van der Waals surface area contributed by atoms with Crippen molar-refractivity contribution in [3.05, 3.63) is 114 Å². The molecule has 1 amide bonds. The van der Waals surface area contributed by atoms with Crippen molar-refractivity contribution in [3.8, 4) is 0 Å². The number of carboxylic acid groups (broad SMARTS) is 1. The Hall–Kier alpha value is -3.72. The van der Waals surface area contributed by atoms with E-state index in [0.717, 1.165) is 73.6 Å². The summed E-state index contributed by atoms with van der Waals surface area (Å²) >= 11 is 0. The third-order valence-electron chi connectivity index (χ3n) is 9.24. The lowest BCUT2D eigenvalue weighted by atomic mass is 9.91. The van der Waals surface area contributed by atoms with Crippen LogP contribution in [0.3, 0.4) is 0 Å². The van der Waals surface area contributed by atoms with Crippen LogP contribution in [0.4, 0.5) is 4.79 Å². The quantitative estimate of drug-likeness (QED) is 0.172. The Bertz CT molecular complexity index is 1620. The summed E-state index contributed by atoms with van der Waals surface area (Å²) in [6.45, 7) is 4.16. The number of benzene rings is 4. The number of piperidine rings is 1. The minimum Gasteiger partial charge on any atom is -0.530 e. The molecule has 0 radical (unpaired) electrons. The van der Waals surface area contributed by atoms with Gasteiger partial charge in [-0.05, 0) is 97.6 Å². The Morgan fingerprint density at radius 3 is 2.24 bits per heavy atom. The van der Waals surface area contributed by atoms with Crippen molar-refractivity contribution >= 4 is 26.9 Å². The molecule has 1 heterocycles. The van der Waals surface area contributed by atoms with Crippen molar-refractivity contribution in [2.24, 2.45) is 5.92 Å². The number of hydrogen-bond donors (Lipinski definition) is 0. The largest absolute Gasteiger partial charge is 0.530 e. The predicted octanol–water partition coefficient (Wildman–Crippen LogP) is 5.97. The summed E-state index contributed by atoms with van der Waals surface area (Å²) in [5, 5.41) is 14.2. The molecule has 1 atom stereocenters. The summed E-state index contributed by atoms with van der Waals surface area (Å²) in [5.41, 5.74) is 2.16. The molecule has 238 valence electrons. The highest BCUT2D eigenvalue weighted by Crippen LogP contribution is 2.27. The van der Waals surface area contributed by atoms with E-state index < -0.39 is 16.1 Å². The fourth-order valence-electron chi connectivity index (χ4n) is 6.55. The first kappa shape index (κ1) is 32.7. The molecular formula is C37H44N3O4S-. The second-order valence-electron chi connectivity index (χ2n) is 12.2. The lowest BCUT2D eigenvalue weighted by molar-refractivity contribution is -0.266. The average Bonchev–Trinajstić information content (AvgIpc) is 3.07. The van der Waals surface area contributed by atoms with Crippen molar-refractivity contribution in [2.75, 3.05) is 39.8 Å². The van der Waals surface area contributed by atoms with Gasteiger partial charge in [0.1, 0.15) is 6.09 Å². The van der Waals surface area contributed by atoms with E-state index in [4.69, 9.17) is 0 Å². The van der Waals surface area contributed by atoms with Crippen LogP contribution in [0, 0.1) is 5.92 Å². The highest BCUT2D eigenvalue weighted by Gasteiger charge is 2.26. The normalized spacial score (nSPS) is 15.3. The standard InChI is InChI=1S/C37H45N3O4S/c1-38(45(43,44)35-18-6-3-7-19-35)28-33(31-13-4-2-5-14-31)23-27-39-25-21-30(22-26-39)12-11-24-40(37(41)42)29-34-17-10-16-32-15-8-9-20-36(32)34/h2-10,13-20,30,33H,11-12,21-29H2,1H3,(H,41,42)/p-1. The fourth-order valence-corrected chi connectivity index (χ4v) is 7.79. The Kier molecular flexibility index (Phi) is 11.3. The molecule has 1 saturated heterocycles. The summed E-state index contributed by atoms with van der Waals surface area (Å²) in [6.07, 6.45) is 3.76. The third-order valence-corrected chi connectivity index (χ3v) is 11.1. The average molecular weight is 627 g/mol. The van der Waals surface area contributed by atoms with Crippen molar-refractivity contribution in [1.82, 2.24) is 14.1 Å². The zero-order valence-corrected chi connectivity index (χ0v) is 26.9. The molecule has 4 aromatic rings. The second kappa shape index (κ2) is 15.5. The number of likely N-dealkylation sites (N-methyl/N-ethyl adjacent to an activating group) is 1. The van der Waals surface area contributed by atoms with E-state index in [1.165, 1.54) is 9.21 Å². The Morgan fingerprint density at radius 2 is 1.53 bits per heavy atom. The second-order valence-corrected chi connectivity index (χ2v) is 14.3. The van der Waals surface area contributed by atoms with Gasteiger partial charge in [-0.1, -0.05) is 91.0 Å². The van der Waals surface area contributed by atoms with Crippen molar-refractivity contribution in [2.45, 2.75) is 49.5 Å². The maximum absolute atomic E-state index is 13.2. The SMILES string of the molecule is CN(CC(CCN1CCC(CCCN(Cc2cccc3ccccc23)C(=O)[O-])CC1)c1ccccc1)S(=O)(=O)c1ccccc1. The van der Waals surface area contributed by atoms with E-state index in [9.17, 15) is 18.3 Å². The highest BCUT2D eigenvalue weighted by molar-refractivity contribution is 7.89. The van der Waals surface area contributed by atoms with E-state index in [-0.39, 0.29) is 5.92 Å². The summed E-state index contributed by atoms with van der Waals surface area (Å²) in [5.74, 6) is 0.666. The van der Waals surface area contributed by atoms with Crippen LogP contribution in [-0.2, 0) is 16.6 Å². The molecule has 0 spiro atoms. The van der Waals surface area contributed by atoms with Gasteiger partial charge in [0.05, 0.1) is 4.90 Å². The number of likely N-dealkylation sites (tertiary alicyclic amines) is 1. The van der Waals surface area contributed by atoms with Gasteiger partial charge in [-0.25, -0.2) is 12.7 Å². The number of amides is 1. The van der Waals surface area contributed by atoms with Gasteiger partial charge >= 0.3 is 0 Å². The number of nitrogens with zero attached hydrogens (tertiary/aromatic N) is 3. The molecule has 1 aliphatic rings. The van der Waals surface area contributed by atoms with E-state index >= 15 is 0 Å². The molecule has 4 aromatic carbocycles. The minimum atomic E-state index is -3.57. The van der Waals surface area contributed by atoms with Gasteiger partial charge in [-0.3, -0.25) is 0 Å². The first-order valence-corrected chi connectivity index (χ1v) is 17.5. The van der Waals surface area contributed by atoms with Crippen LogP contribution in [0.1, 0.15) is 49.1 Å². The maximum atomic E-state index is 13.2. The molecule has 1 aliphatic heterocycles. The number of carbonyl (C=O) groups is 1. The third kappa shape index (κ3) is 8.72. The maximum Gasteiger partial charge on any atom is 0.242 e. The molecule has 0 aromatic heterocycles. The Labute approximate surface area is 268 Å². The number of sulfonamides is 1. The molecule has 1 fully saturated rings. The molecule has 0 aliphatic carbocycles. The molecule has 8 heteroatoms. The highest BCUT2D eigenvalue weighted by atomic mass is 32.2. The molecule has 0 N–H and O–H groups in total. The zero-order chi connectivity index (χ0) is 31.6. The summed E-state index contributed by atoms with van der Waals surface area (Å²) in [4.78, 5) is 16.2. The van der Waals surface area contributed by atoms with Gasteiger partial charge in [0.25, 0.3) is 0 Å². The van der Waals surface area contributed by atoms with Gasteiger partial charge in [0, 0.05) is 26.7 Å². The monoisotopic (exact) mass is 626 g/mol. The van der Waals surface area contributed by atoms with Crippen LogP contribution >= 0.6 is 0 Å². The smallest absolute Gasteiger partial charge is 0.242 e. The first-order valence-electron chi connectivity index (χ1n) is 16.0. The lowest BCUT2D eigenvalue weighted by Gasteiger charge is -2.34. The topological polar surface area (TPSA) is 84.0 Å². The van der Waals surface area contributed by atoms with Gasteiger partial charge < -0.3 is 19.7 Å². The van der Waals surface area contributed by atoms with Crippen LogP contribution < -0.4 is 5.11 Å². The Balaban J connectivity index is 1.10. The molecule has 7 nitrogen and oxygen atoms in total. The number of hydrogen-bond acceptors (Lipinski definition) is 5. The van der Waals surface area contributed by atoms with Crippen LogP contribution in [-0.4, -0.2) is 68.4 Å². The minimum absolute atomic E-state index is 0.0877. The molecule has 1 unspecified atom stereocenters. The predicted molar refractivity (Wildman–Crippen MR) is 178 cm³/mol. The van der Waals surface area contributed by atoms with Crippen molar-refractivity contribution < 1.29 is 18.3 Å². The summed E-state index contributed by atoms with van der Waals surface area (Å²) < 4.78 is 27.9. The van der Waals surface area contributed by atoms with E-state index in [2.05, 4.69) is 17.0 Å². The molecule has 0 saturated carbocycles. The summed E-state index contributed by atoms with van der Waals surface area (Å²) in [6, 6.07) is 32.9. The summed E-state index contributed by atoms with van der Waals surface area (Å²) in [7, 11) is -1.89. The molecule has 0 bridgehead atoms. The van der Waals surface area contributed by atoms with E-state index in [0.29, 0.717) is 30.4 Å². The van der Waals surface area contributed by atoms with Gasteiger partial charge in [0.15, 0.2) is 0 Å². The molecule has 45 heavy (non-hydrogen) atoms. The van der Waals surface area contributed by atoms with E-state index in [1.807, 2.05) is 66.7 Å². The van der Waals surface area contributed by atoms with Crippen LogP contribution in [0.15, 0.2) is 108 Å². The van der Waals surface area contributed by atoms with Crippen molar-refractivity contribution in [1.29, 1.82) is 0 Å². The first-order chi connectivity index (χ1) is 21.8. The zero-order valence-electron chi connectivity index (χ0n) is 26.1. The van der Waals surface area contributed by atoms with E-state index in [1.54, 1.807) is 31.3 Å². The van der Waals surface area contributed by atoms with Crippen LogP contribution in [0.5, 0.6) is 0 Å². The van der Waals surface area contributed by atoms with Crippen molar-refractivity contribution in [3.63, 3.8) is 0 Å². The lowest BCUT2D eigenvalue weighted by Crippen LogP contribution is -2.41. The van der Waals surface area contributed by atoms with Crippen LogP contribution in [0.2, 0.25) is 0 Å². The number of carbonyl (C=O) groups excluding carboxylic acids is 1. The van der Waals surface area contributed by atoms with Gasteiger partial charge in [-0.2, -0.15) is 0 Å². The van der Waals surface area contributed by atoms with Crippen LogP contribution in [0.25, 0.3) is 10.8 Å². The molecule has 5 rings (SSSR count). The Morgan fingerprint density at radius 1 is 0.889 bits per heavy atom. The number of fused-ring (bicyclic) bond motifs is 1. The number of rotatable bonds is 14. The van der Waals surface area contributed by atoms with Gasteiger partial charge in [0.2, 0.25) is 10.0 Å².